The topological polar surface area (TPSA) is 53.5 Å². The lowest BCUT2D eigenvalue weighted by molar-refractivity contribution is -0.116. The molecule has 0 bridgehead atoms. The highest BCUT2D eigenvalue weighted by molar-refractivity contribution is 6.09. The molecule has 2 aromatic rings. The fourth-order valence-corrected chi connectivity index (χ4v) is 2.95. The molecule has 1 aromatic carbocycles. The number of para-hydroxylation sites is 2. The summed E-state index contributed by atoms with van der Waals surface area (Å²) in [6, 6.07) is 9.91. The van der Waals surface area contributed by atoms with Crippen LogP contribution in [-0.4, -0.2) is 29.9 Å². The van der Waals surface area contributed by atoms with E-state index in [2.05, 4.69) is 4.98 Å². The van der Waals surface area contributed by atoms with Gasteiger partial charge in [0, 0.05) is 26.2 Å². The molecule has 0 spiro atoms. The first-order valence-electron chi connectivity index (χ1n) is 7.78. The van der Waals surface area contributed by atoms with Crippen LogP contribution >= 0.6 is 0 Å². The van der Waals surface area contributed by atoms with Crippen molar-refractivity contribution in [2.75, 3.05) is 22.9 Å². The fraction of sp³-hybridized carbons (Fsp3) is 0.278. The zero-order chi connectivity index (χ0) is 17.3. The van der Waals surface area contributed by atoms with Crippen LogP contribution in [0.1, 0.15) is 24.2 Å². The van der Waals surface area contributed by atoms with Gasteiger partial charge in [-0.2, -0.15) is 4.39 Å². The van der Waals surface area contributed by atoms with Crippen LogP contribution in [0.4, 0.5) is 15.8 Å². The molecule has 1 aliphatic rings. The molecular weight excluding hydrogens is 309 g/mol. The van der Waals surface area contributed by atoms with E-state index in [0.717, 1.165) is 0 Å². The van der Waals surface area contributed by atoms with Crippen LogP contribution in [0.25, 0.3) is 0 Å². The van der Waals surface area contributed by atoms with Crippen molar-refractivity contribution in [1.29, 1.82) is 0 Å². The molecule has 124 valence electrons. The number of amides is 2. The highest BCUT2D eigenvalue weighted by atomic mass is 19.1. The summed E-state index contributed by atoms with van der Waals surface area (Å²) in [7, 11) is 0. The molecule has 0 saturated carbocycles. The Bertz CT molecular complexity index is 776. The summed E-state index contributed by atoms with van der Waals surface area (Å²) in [5.41, 5.74) is 1.69. The van der Waals surface area contributed by atoms with Gasteiger partial charge in [-0.15, -0.1) is 0 Å². The lowest BCUT2D eigenvalue weighted by Crippen LogP contribution is -2.35. The van der Waals surface area contributed by atoms with Crippen LogP contribution in [-0.2, 0) is 4.79 Å². The number of aromatic nitrogens is 1. The van der Waals surface area contributed by atoms with E-state index in [9.17, 15) is 14.0 Å². The van der Waals surface area contributed by atoms with Gasteiger partial charge in [-0.3, -0.25) is 9.59 Å². The van der Waals surface area contributed by atoms with Crippen molar-refractivity contribution < 1.29 is 14.0 Å². The molecular formula is C18H18FN3O2. The predicted octanol–water partition coefficient (Wildman–Crippen LogP) is 2.87. The number of pyridine rings is 1. The number of hydrogen-bond acceptors (Lipinski definition) is 3. The zero-order valence-electron chi connectivity index (χ0n) is 13.6. The van der Waals surface area contributed by atoms with E-state index in [0.29, 0.717) is 30.0 Å². The first kappa shape index (κ1) is 16.1. The molecule has 0 fully saturated rings. The number of halogens is 1. The molecule has 2 heterocycles. The number of carbonyl (C=O) groups excluding carboxylic acids is 2. The van der Waals surface area contributed by atoms with Crippen molar-refractivity contribution in [3.8, 4) is 0 Å². The summed E-state index contributed by atoms with van der Waals surface area (Å²) in [5, 5.41) is 0. The average Bonchev–Trinajstić information content (AvgIpc) is 2.72. The lowest BCUT2D eigenvalue weighted by Gasteiger charge is -2.24. The highest BCUT2D eigenvalue weighted by Crippen LogP contribution is 2.34. The molecule has 1 aromatic heterocycles. The van der Waals surface area contributed by atoms with Crippen molar-refractivity contribution in [2.45, 2.75) is 13.8 Å². The molecule has 5 nitrogen and oxygen atoms in total. The number of fused-ring (bicyclic) bond motifs is 1. The van der Waals surface area contributed by atoms with Gasteiger partial charge in [-0.05, 0) is 30.2 Å². The molecule has 1 atom stereocenters. The van der Waals surface area contributed by atoms with Gasteiger partial charge in [0.2, 0.25) is 11.9 Å². The van der Waals surface area contributed by atoms with Crippen molar-refractivity contribution in [2.24, 2.45) is 5.92 Å². The third kappa shape index (κ3) is 2.99. The highest BCUT2D eigenvalue weighted by Gasteiger charge is 2.30. The third-order valence-electron chi connectivity index (χ3n) is 4.05. The minimum Gasteiger partial charge on any atom is -0.310 e. The van der Waals surface area contributed by atoms with Gasteiger partial charge in [-0.25, -0.2) is 4.98 Å². The molecule has 0 saturated heterocycles. The van der Waals surface area contributed by atoms with Crippen LogP contribution in [0, 0.1) is 11.9 Å². The molecule has 1 unspecified atom stereocenters. The summed E-state index contributed by atoms with van der Waals surface area (Å²) < 4.78 is 13.0. The number of hydrogen-bond donors (Lipinski definition) is 0. The largest absolute Gasteiger partial charge is 0.310 e. The van der Waals surface area contributed by atoms with Crippen LogP contribution in [0.2, 0.25) is 0 Å². The Morgan fingerprint density at radius 2 is 1.71 bits per heavy atom. The Morgan fingerprint density at radius 1 is 1.08 bits per heavy atom. The van der Waals surface area contributed by atoms with E-state index in [1.165, 1.54) is 25.3 Å². The number of nitrogens with zero attached hydrogens (tertiary/aromatic N) is 3. The first-order valence-corrected chi connectivity index (χ1v) is 7.78. The summed E-state index contributed by atoms with van der Waals surface area (Å²) in [6.45, 7) is 4.52. The second-order valence-electron chi connectivity index (χ2n) is 6.01. The zero-order valence-corrected chi connectivity index (χ0v) is 13.6. The Balaban J connectivity index is 2.06. The van der Waals surface area contributed by atoms with Gasteiger partial charge in [0.25, 0.3) is 5.91 Å². The molecule has 0 aliphatic carbocycles. The second-order valence-corrected chi connectivity index (χ2v) is 6.01. The van der Waals surface area contributed by atoms with Crippen LogP contribution in [0.5, 0.6) is 0 Å². The van der Waals surface area contributed by atoms with E-state index >= 15 is 0 Å². The Kier molecular flexibility index (Phi) is 4.29. The molecule has 6 heteroatoms. The maximum atomic E-state index is 13.0. The Labute approximate surface area is 139 Å². The van der Waals surface area contributed by atoms with Crippen LogP contribution < -0.4 is 9.80 Å². The summed E-state index contributed by atoms with van der Waals surface area (Å²) in [5.74, 6) is -0.850. The first-order chi connectivity index (χ1) is 11.5. The summed E-state index contributed by atoms with van der Waals surface area (Å²) in [4.78, 5) is 31.8. The monoisotopic (exact) mass is 327 g/mol. The van der Waals surface area contributed by atoms with E-state index in [1.807, 2.05) is 31.2 Å². The van der Waals surface area contributed by atoms with E-state index in [4.69, 9.17) is 0 Å². The molecule has 24 heavy (non-hydrogen) atoms. The number of anilines is 2. The van der Waals surface area contributed by atoms with Crippen LogP contribution in [0.3, 0.4) is 0 Å². The molecule has 0 N–H and O–H groups in total. The van der Waals surface area contributed by atoms with Gasteiger partial charge in [-0.1, -0.05) is 19.1 Å². The summed E-state index contributed by atoms with van der Waals surface area (Å²) >= 11 is 0. The SMILES string of the molecule is CC(=O)N1CC(C)CN(C(=O)c2ccc(F)nc2)c2ccccc21. The fourth-order valence-electron chi connectivity index (χ4n) is 2.95. The lowest BCUT2D eigenvalue weighted by atomic mass is 10.1. The smallest absolute Gasteiger partial charge is 0.259 e. The molecule has 3 rings (SSSR count). The predicted molar refractivity (Wildman–Crippen MR) is 89.5 cm³/mol. The second kappa shape index (κ2) is 6.39. The Hall–Kier alpha value is -2.76. The quantitative estimate of drug-likeness (QED) is 0.757. The van der Waals surface area contributed by atoms with Gasteiger partial charge < -0.3 is 9.80 Å². The van der Waals surface area contributed by atoms with Gasteiger partial charge >= 0.3 is 0 Å². The Morgan fingerprint density at radius 3 is 2.29 bits per heavy atom. The molecule has 0 radical (unpaired) electrons. The standard InChI is InChI=1S/C18H18FN3O2/c1-12-10-21(13(2)23)15-5-3-4-6-16(15)22(11-12)18(24)14-7-8-17(19)20-9-14/h3-9,12H,10-11H2,1-2H3. The van der Waals surface area contributed by atoms with Crippen LogP contribution in [0.15, 0.2) is 42.6 Å². The third-order valence-corrected chi connectivity index (χ3v) is 4.05. The van der Waals surface area contributed by atoms with Crippen molar-refractivity contribution in [1.82, 2.24) is 4.98 Å². The average molecular weight is 327 g/mol. The normalized spacial score (nSPS) is 17.2. The van der Waals surface area contributed by atoms with Crippen molar-refractivity contribution >= 4 is 23.2 Å². The van der Waals surface area contributed by atoms with E-state index in [1.54, 1.807) is 9.80 Å². The van der Waals surface area contributed by atoms with Gasteiger partial charge in [0.1, 0.15) is 0 Å². The maximum Gasteiger partial charge on any atom is 0.259 e. The maximum absolute atomic E-state index is 13.0. The molecule has 2 amide bonds. The van der Waals surface area contributed by atoms with Crippen molar-refractivity contribution in [3.05, 3.63) is 54.1 Å². The molecule has 1 aliphatic heterocycles. The number of benzene rings is 1. The summed E-state index contributed by atoms with van der Waals surface area (Å²) in [6.07, 6.45) is 1.23. The minimum absolute atomic E-state index is 0.0629. The van der Waals surface area contributed by atoms with Gasteiger partial charge in [0.05, 0.1) is 16.9 Å². The van der Waals surface area contributed by atoms with E-state index in [-0.39, 0.29) is 17.7 Å². The number of carbonyl (C=O) groups is 2. The minimum atomic E-state index is -0.626. The number of rotatable bonds is 1. The van der Waals surface area contributed by atoms with Gasteiger partial charge in [0.15, 0.2) is 0 Å². The van der Waals surface area contributed by atoms with E-state index < -0.39 is 5.95 Å². The van der Waals surface area contributed by atoms with Crippen molar-refractivity contribution in [3.63, 3.8) is 0 Å².